The molecule has 0 atom stereocenters. The first-order valence-corrected chi connectivity index (χ1v) is 11.2. The van der Waals surface area contributed by atoms with Gasteiger partial charge in [0.2, 0.25) is 0 Å². The Hall–Kier alpha value is -0.730. The molecule has 0 amide bonds. The van der Waals surface area contributed by atoms with Gasteiger partial charge in [-0.05, 0) is 0 Å². The summed E-state index contributed by atoms with van der Waals surface area (Å²) in [4.78, 5) is 10.1. The summed E-state index contributed by atoms with van der Waals surface area (Å²) >= 11 is 0. The van der Waals surface area contributed by atoms with E-state index in [2.05, 4.69) is 5.32 Å². The largest absolute Gasteiger partial charge is 0.379 e. The molecule has 0 aromatic heterocycles. The van der Waals surface area contributed by atoms with Gasteiger partial charge in [0.15, 0.2) is 0 Å². The van der Waals surface area contributed by atoms with Crippen LogP contribution in [0.2, 0.25) is 0 Å². The second-order valence-electron chi connectivity index (χ2n) is 6.29. The van der Waals surface area contributed by atoms with Crippen LogP contribution in [-0.2, 0) is 47.4 Å². The summed E-state index contributed by atoms with van der Waals surface area (Å²) in [5.41, 5.74) is 0. The molecule has 0 saturated carbocycles. The van der Waals surface area contributed by atoms with E-state index in [1.165, 1.54) is 0 Å². The van der Waals surface area contributed by atoms with Crippen molar-refractivity contribution in [3.63, 3.8) is 0 Å². The third-order valence-electron chi connectivity index (χ3n) is 3.65. The zero-order valence-corrected chi connectivity index (χ0v) is 19.6. The Bertz CT molecular complexity index is 353. The Balaban J connectivity index is 2.99. The highest BCUT2D eigenvalue weighted by molar-refractivity contribution is 5.49. The molecular weight excluding hydrogens is 426 g/mol. The van der Waals surface area contributed by atoms with Crippen LogP contribution < -0.4 is 5.32 Å². The Kier molecular flexibility index (Phi) is 29.6. The van der Waals surface area contributed by atoms with Gasteiger partial charge in [-0.25, -0.2) is 0 Å². The molecule has 0 spiro atoms. The molecule has 192 valence electrons. The lowest BCUT2D eigenvalue weighted by Crippen LogP contribution is -2.22. The number of rotatable bonds is 29. The number of hydrogen-bond donors (Lipinski definition) is 1. The van der Waals surface area contributed by atoms with E-state index in [1.807, 2.05) is 0 Å². The van der Waals surface area contributed by atoms with Crippen molar-refractivity contribution in [2.24, 2.45) is 0 Å². The highest BCUT2D eigenvalue weighted by atomic mass is 16.6. The van der Waals surface area contributed by atoms with E-state index in [0.29, 0.717) is 119 Å². The van der Waals surface area contributed by atoms with E-state index in [4.69, 9.17) is 42.6 Å². The average Bonchev–Trinajstić information content (AvgIpc) is 2.81. The molecule has 0 radical (unpaired) electrons. The first-order chi connectivity index (χ1) is 15.9. The third kappa shape index (κ3) is 29.3. The van der Waals surface area contributed by atoms with Gasteiger partial charge < -0.3 is 47.4 Å². The van der Waals surface area contributed by atoms with Crippen molar-refractivity contribution in [3.8, 4) is 0 Å². The summed E-state index contributed by atoms with van der Waals surface area (Å²) in [5.74, 6) is 0. The van der Waals surface area contributed by atoms with Gasteiger partial charge in [0.25, 0.3) is 0 Å². The van der Waals surface area contributed by atoms with E-state index in [0.717, 1.165) is 12.8 Å². The first kappa shape index (κ1) is 31.3. The van der Waals surface area contributed by atoms with Gasteiger partial charge >= 0.3 is 0 Å². The van der Waals surface area contributed by atoms with Gasteiger partial charge in [0, 0.05) is 20.1 Å². The van der Waals surface area contributed by atoms with Crippen molar-refractivity contribution in [2.45, 2.75) is 6.42 Å². The van der Waals surface area contributed by atoms with E-state index >= 15 is 0 Å². The van der Waals surface area contributed by atoms with Gasteiger partial charge in [-0.1, -0.05) is 0 Å². The number of nitrogens with one attached hydrogen (secondary N) is 1. The zero-order valence-electron chi connectivity index (χ0n) is 19.6. The fourth-order valence-electron chi connectivity index (χ4n) is 2.09. The minimum absolute atomic E-state index is 0.420. The third-order valence-corrected chi connectivity index (χ3v) is 3.65. The van der Waals surface area contributed by atoms with Crippen molar-refractivity contribution >= 4 is 6.29 Å². The highest BCUT2D eigenvalue weighted by Gasteiger charge is 1.95. The summed E-state index contributed by atoms with van der Waals surface area (Å²) in [6.45, 7) is 9.65. The average molecular weight is 470 g/mol. The maximum absolute atomic E-state index is 10.1. The molecule has 11 heteroatoms. The SMILES string of the molecule is COCNCCOCCOCCOCCOCCOCCOCCOCCOCCC=O. The fraction of sp³-hybridized carbons (Fsp3) is 0.952. The van der Waals surface area contributed by atoms with Gasteiger partial charge in [-0.2, -0.15) is 0 Å². The summed E-state index contributed by atoms with van der Waals surface area (Å²) in [6.07, 6.45) is 1.25. The molecule has 11 nitrogen and oxygen atoms in total. The zero-order chi connectivity index (χ0) is 23.2. The number of aldehydes is 1. The summed E-state index contributed by atoms with van der Waals surface area (Å²) in [7, 11) is 1.64. The van der Waals surface area contributed by atoms with Crippen LogP contribution in [0.5, 0.6) is 0 Å². The monoisotopic (exact) mass is 469 g/mol. The van der Waals surface area contributed by atoms with E-state index in [9.17, 15) is 4.79 Å². The molecule has 0 fully saturated rings. The molecule has 32 heavy (non-hydrogen) atoms. The van der Waals surface area contributed by atoms with Gasteiger partial charge in [-0.15, -0.1) is 0 Å². The van der Waals surface area contributed by atoms with Crippen LogP contribution in [0.25, 0.3) is 0 Å². The summed E-state index contributed by atoms with van der Waals surface area (Å²) in [6, 6.07) is 0. The minimum atomic E-state index is 0.420. The lowest BCUT2D eigenvalue weighted by molar-refractivity contribution is -0.108. The molecule has 0 aliphatic carbocycles. The van der Waals surface area contributed by atoms with Crippen LogP contribution in [0.15, 0.2) is 0 Å². The van der Waals surface area contributed by atoms with E-state index in [1.54, 1.807) is 7.11 Å². The quantitative estimate of drug-likeness (QED) is 0.0900. The molecule has 0 saturated heterocycles. The lowest BCUT2D eigenvalue weighted by Gasteiger charge is -2.08. The molecule has 0 aliphatic rings. The molecule has 0 aromatic rings. The predicted octanol–water partition coefficient (Wildman–Crippen LogP) is -0.0983. The molecule has 1 N–H and O–H groups in total. The molecule has 0 bridgehead atoms. The number of hydrogen-bond acceptors (Lipinski definition) is 11. The normalized spacial score (nSPS) is 11.3. The second-order valence-corrected chi connectivity index (χ2v) is 6.29. The second kappa shape index (κ2) is 30.3. The fourth-order valence-corrected chi connectivity index (χ4v) is 2.09. The number of methoxy groups -OCH3 is 1. The van der Waals surface area contributed by atoms with Crippen LogP contribution in [0, 0.1) is 0 Å². The molecule has 0 heterocycles. The van der Waals surface area contributed by atoms with Crippen LogP contribution in [-0.4, -0.2) is 132 Å². The van der Waals surface area contributed by atoms with Crippen LogP contribution in [0.3, 0.4) is 0 Å². The highest BCUT2D eigenvalue weighted by Crippen LogP contribution is 1.86. The molecular formula is C21H43NO10. The molecule has 0 aromatic carbocycles. The predicted molar refractivity (Wildman–Crippen MR) is 117 cm³/mol. The topological polar surface area (TPSA) is 112 Å². The van der Waals surface area contributed by atoms with Crippen molar-refractivity contribution in [1.29, 1.82) is 0 Å². The minimum Gasteiger partial charge on any atom is -0.379 e. The number of carbonyl (C=O) groups excluding carboxylic acids is 1. The van der Waals surface area contributed by atoms with Crippen LogP contribution in [0.4, 0.5) is 0 Å². The van der Waals surface area contributed by atoms with E-state index < -0.39 is 0 Å². The standard InChI is InChI=1S/C21H43NO10/c1-24-21-22-3-6-26-8-10-28-12-14-30-16-18-32-20-19-31-17-15-29-13-11-27-9-7-25-5-2-4-23/h4,22H,2-3,5-21H2,1H3. The van der Waals surface area contributed by atoms with E-state index in [-0.39, 0.29) is 0 Å². The van der Waals surface area contributed by atoms with Crippen molar-refractivity contribution < 1.29 is 47.4 Å². The summed E-state index contributed by atoms with van der Waals surface area (Å²) in [5, 5.41) is 3.06. The molecule has 0 unspecified atom stereocenters. The van der Waals surface area contributed by atoms with Gasteiger partial charge in [0.1, 0.15) is 6.29 Å². The Labute approximate surface area is 192 Å². The Morgan fingerprint density at radius 2 is 0.812 bits per heavy atom. The molecule has 0 rings (SSSR count). The van der Waals surface area contributed by atoms with Crippen molar-refractivity contribution in [2.75, 3.05) is 126 Å². The van der Waals surface area contributed by atoms with Gasteiger partial charge in [0.05, 0.1) is 112 Å². The number of ether oxygens (including phenoxy) is 9. The summed E-state index contributed by atoms with van der Waals surface area (Å²) < 4.78 is 47.8. The number of carbonyl (C=O) groups is 1. The van der Waals surface area contributed by atoms with Crippen LogP contribution in [0.1, 0.15) is 6.42 Å². The van der Waals surface area contributed by atoms with Gasteiger partial charge in [-0.3, -0.25) is 5.32 Å². The first-order valence-electron chi connectivity index (χ1n) is 11.2. The Morgan fingerprint density at radius 3 is 1.12 bits per heavy atom. The van der Waals surface area contributed by atoms with Crippen molar-refractivity contribution in [3.05, 3.63) is 0 Å². The lowest BCUT2D eigenvalue weighted by atomic mass is 10.5. The van der Waals surface area contributed by atoms with Crippen LogP contribution >= 0.6 is 0 Å². The maximum Gasteiger partial charge on any atom is 0.122 e. The van der Waals surface area contributed by atoms with Crippen molar-refractivity contribution in [1.82, 2.24) is 5.32 Å². The molecule has 0 aliphatic heterocycles. The smallest absolute Gasteiger partial charge is 0.122 e. The maximum atomic E-state index is 10.1. The Morgan fingerprint density at radius 1 is 0.500 bits per heavy atom.